The monoisotopic (exact) mass is 477 g/mol. The van der Waals surface area contributed by atoms with Crippen LogP contribution in [0.5, 0.6) is 5.75 Å². The average molecular weight is 478 g/mol. The van der Waals surface area contributed by atoms with Crippen LogP contribution in [0.15, 0.2) is 46.4 Å². The molecule has 178 valence electrons. The van der Waals surface area contributed by atoms with Crippen LogP contribution in [0, 0.1) is 11.7 Å². The molecule has 0 unspecified atom stereocenters. The summed E-state index contributed by atoms with van der Waals surface area (Å²) in [5, 5.41) is 13.2. The Hall–Kier alpha value is -2.69. The van der Waals surface area contributed by atoms with Crippen LogP contribution >= 0.6 is 0 Å². The zero-order valence-corrected chi connectivity index (χ0v) is 19.3. The summed E-state index contributed by atoms with van der Waals surface area (Å²) < 4.78 is 48.2. The molecule has 1 heterocycles. The van der Waals surface area contributed by atoms with Crippen LogP contribution in [0.4, 0.5) is 4.39 Å². The number of sulfonamides is 1. The van der Waals surface area contributed by atoms with Crippen molar-refractivity contribution < 1.29 is 22.7 Å². The fraction of sp³-hybridized carbons (Fsp3) is 0.455. The van der Waals surface area contributed by atoms with Crippen LogP contribution in [0.2, 0.25) is 0 Å². The lowest BCUT2D eigenvalue weighted by molar-refractivity contribution is 0.190. The molecule has 0 atom stereocenters. The SMILES string of the molecule is COc1cccc(CO)c1-c1ccc(S(=O)(=O)NCCN2CCC(CN=[N+]=[N-])CC2)cc1F. The molecule has 1 aliphatic rings. The molecule has 0 spiro atoms. The quantitative estimate of drug-likeness (QED) is 0.308. The smallest absolute Gasteiger partial charge is 0.240 e. The van der Waals surface area contributed by atoms with Crippen molar-refractivity contribution in [2.45, 2.75) is 24.3 Å². The van der Waals surface area contributed by atoms with Crippen molar-refractivity contribution in [3.63, 3.8) is 0 Å². The Morgan fingerprint density at radius 1 is 1.30 bits per heavy atom. The molecule has 9 nitrogen and oxygen atoms in total. The standard InChI is InChI=1S/C22H28FN5O4S/c1-32-21-4-2-3-17(15-29)22(21)19-6-5-18(13-20(19)23)33(30,31)26-9-12-28-10-7-16(8-11-28)14-25-27-24/h2-6,13,16,26,29H,7-12,14-15H2,1H3. The summed E-state index contributed by atoms with van der Waals surface area (Å²) in [6.45, 7) is 2.54. The van der Waals surface area contributed by atoms with E-state index in [2.05, 4.69) is 19.6 Å². The normalized spacial score (nSPS) is 15.2. The number of aliphatic hydroxyl groups excluding tert-OH is 1. The molecule has 1 aliphatic heterocycles. The van der Waals surface area contributed by atoms with Crippen LogP contribution in [0.3, 0.4) is 0 Å². The summed E-state index contributed by atoms with van der Waals surface area (Å²) in [6, 6.07) is 8.71. The van der Waals surface area contributed by atoms with Crippen LogP contribution in [-0.2, 0) is 16.6 Å². The number of rotatable bonds is 10. The molecule has 33 heavy (non-hydrogen) atoms. The van der Waals surface area contributed by atoms with Gasteiger partial charge in [-0.05, 0) is 67.2 Å². The second-order valence-corrected chi connectivity index (χ2v) is 9.66. The summed E-state index contributed by atoms with van der Waals surface area (Å²) in [6.07, 6.45) is 1.80. The average Bonchev–Trinajstić information content (AvgIpc) is 2.83. The molecule has 0 bridgehead atoms. The third kappa shape index (κ3) is 6.21. The van der Waals surface area contributed by atoms with Gasteiger partial charge < -0.3 is 14.7 Å². The van der Waals surface area contributed by atoms with E-state index in [0.29, 0.717) is 35.9 Å². The van der Waals surface area contributed by atoms with E-state index in [0.717, 1.165) is 32.0 Å². The molecule has 0 saturated carbocycles. The number of hydrogen-bond acceptors (Lipinski definition) is 6. The van der Waals surface area contributed by atoms with E-state index in [4.69, 9.17) is 10.3 Å². The van der Waals surface area contributed by atoms with E-state index < -0.39 is 15.8 Å². The Labute approximate surface area is 192 Å². The van der Waals surface area contributed by atoms with Crippen LogP contribution in [-0.4, -0.2) is 58.3 Å². The van der Waals surface area contributed by atoms with Gasteiger partial charge in [-0.3, -0.25) is 0 Å². The van der Waals surface area contributed by atoms with Crippen LogP contribution < -0.4 is 9.46 Å². The second-order valence-electron chi connectivity index (χ2n) is 7.89. The third-order valence-electron chi connectivity index (χ3n) is 5.85. The van der Waals surface area contributed by atoms with E-state index in [1.807, 2.05) is 0 Å². The van der Waals surface area contributed by atoms with Gasteiger partial charge in [-0.15, -0.1) is 0 Å². The highest BCUT2D eigenvalue weighted by Gasteiger charge is 2.21. The van der Waals surface area contributed by atoms with Crippen molar-refractivity contribution in [2.75, 3.05) is 39.8 Å². The Balaban J connectivity index is 1.65. The summed E-state index contributed by atoms with van der Waals surface area (Å²) >= 11 is 0. The number of nitrogens with one attached hydrogen (secondary N) is 1. The first kappa shape index (κ1) is 24.9. The number of benzene rings is 2. The lowest BCUT2D eigenvalue weighted by Gasteiger charge is -2.31. The van der Waals surface area contributed by atoms with Crippen LogP contribution in [0.1, 0.15) is 18.4 Å². The summed E-state index contributed by atoms with van der Waals surface area (Å²) in [4.78, 5) is 4.77. The molecule has 0 radical (unpaired) electrons. The molecular weight excluding hydrogens is 449 g/mol. The van der Waals surface area contributed by atoms with Crippen molar-refractivity contribution in [1.82, 2.24) is 9.62 Å². The molecule has 11 heteroatoms. The van der Waals surface area contributed by atoms with E-state index in [9.17, 15) is 17.9 Å². The van der Waals surface area contributed by atoms with Gasteiger partial charge in [0.2, 0.25) is 10.0 Å². The number of aliphatic hydroxyl groups is 1. The number of methoxy groups -OCH3 is 1. The maximum atomic E-state index is 15.0. The van der Waals surface area contributed by atoms with Gasteiger partial charge in [0, 0.05) is 35.7 Å². The van der Waals surface area contributed by atoms with Gasteiger partial charge in [-0.2, -0.15) is 0 Å². The first-order valence-electron chi connectivity index (χ1n) is 10.7. The Morgan fingerprint density at radius 2 is 2.06 bits per heavy atom. The zero-order valence-electron chi connectivity index (χ0n) is 18.4. The highest BCUT2D eigenvalue weighted by atomic mass is 32.2. The largest absolute Gasteiger partial charge is 0.496 e. The van der Waals surface area contributed by atoms with Crippen molar-refractivity contribution >= 4 is 10.0 Å². The number of hydrogen-bond donors (Lipinski definition) is 2. The molecule has 2 N–H and O–H groups in total. The van der Waals surface area contributed by atoms with Crippen molar-refractivity contribution in [2.24, 2.45) is 11.0 Å². The minimum atomic E-state index is -3.89. The van der Waals surface area contributed by atoms with Gasteiger partial charge in [0.1, 0.15) is 11.6 Å². The lowest BCUT2D eigenvalue weighted by Crippen LogP contribution is -2.40. The summed E-state index contributed by atoms with van der Waals surface area (Å²) in [5.74, 6) is 0.0291. The second kappa shape index (κ2) is 11.4. The number of likely N-dealkylation sites (tertiary alicyclic amines) is 1. The minimum Gasteiger partial charge on any atom is -0.496 e. The molecule has 2 aromatic rings. The Bertz CT molecular complexity index is 1090. The number of ether oxygens (including phenoxy) is 1. The molecule has 2 aromatic carbocycles. The predicted molar refractivity (Wildman–Crippen MR) is 123 cm³/mol. The fourth-order valence-corrected chi connectivity index (χ4v) is 5.05. The Morgan fingerprint density at radius 3 is 2.70 bits per heavy atom. The third-order valence-corrected chi connectivity index (χ3v) is 7.31. The lowest BCUT2D eigenvalue weighted by atomic mass is 9.97. The van der Waals surface area contributed by atoms with E-state index in [1.54, 1.807) is 18.2 Å². The Kier molecular flexibility index (Phi) is 8.65. The molecule has 3 rings (SSSR count). The predicted octanol–water partition coefficient (Wildman–Crippen LogP) is 3.29. The van der Waals surface area contributed by atoms with Gasteiger partial charge in [0.05, 0.1) is 18.6 Å². The highest BCUT2D eigenvalue weighted by Crippen LogP contribution is 2.35. The molecule has 1 saturated heterocycles. The van der Waals surface area contributed by atoms with E-state index in [1.165, 1.54) is 19.2 Å². The van der Waals surface area contributed by atoms with Crippen molar-refractivity contribution in [1.29, 1.82) is 0 Å². The molecule has 1 fully saturated rings. The van der Waals surface area contributed by atoms with Crippen molar-refractivity contribution in [3.05, 3.63) is 58.2 Å². The first-order chi connectivity index (χ1) is 15.9. The minimum absolute atomic E-state index is 0.152. The molecule has 0 amide bonds. The number of azide groups is 1. The van der Waals surface area contributed by atoms with E-state index in [-0.39, 0.29) is 23.6 Å². The van der Waals surface area contributed by atoms with Gasteiger partial charge in [0.25, 0.3) is 0 Å². The van der Waals surface area contributed by atoms with E-state index >= 15 is 0 Å². The molecule has 0 aliphatic carbocycles. The van der Waals surface area contributed by atoms with Gasteiger partial charge in [0.15, 0.2) is 0 Å². The maximum absolute atomic E-state index is 15.0. The molecule has 0 aromatic heterocycles. The zero-order chi connectivity index (χ0) is 23.8. The number of piperidine rings is 1. The maximum Gasteiger partial charge on any atom is 0.240 e. The number of halogens is 1. The topological polar surface area (TPSA) is 128 Å². The summed E-state index contributed by atoms with van der Waals surface area (Å²) in [7, 11) is -2.44. The van der Waals surface area contributed by atoms with Crippen molar-refractivity contribution in [3.8, 4) is 16.9 Å². The first-order valence-corrected chi connectivity index (χ1v) is 12.2. The van der Waals surface area contributed by atoms with Gasteiger partial charge >= 0.3 is 0 Å². The molecular formula is C22H28FN5O4S. The number of nitrogens with zero attached hydrogens (tertiary/aromatic N) is 4. The van der Waals surface area contributed by atoms with Gasteiger partial charge in [-0.25, -0.2) is 17.5 Å². The van der Waals surface area contributed by atoms with Crippen LogP contribution in [0.25, 0.3) is 21.6 Å². The van der Waals surface area contributed by atoms with Gasteiger partial charge in [-0.1, -0.05) is 17.2 Å². The highest BCUT2D eigenvalue weighted by molar-refractivity contribution is 7.89. The summed E-state index contributed by atoms with van der Waals surface area (Å²) in [5.41, 5.74) is 9.43. The fourth-order valence-electron chi connectivity index (χ4n) is 4.02.